The van der Waals surface area contributed by atoms with E-state index in [9.17, 15) is 4.79 Å². The zero-order chi connectivity index (χ0) is 13.9. The summed E-state index contributed by atoms with van der Waals surface area (Å²) in [6, 6.07) is 5.51. The molecule has 1 atom stereocenters. The summed E-state index contributed by atoms with van der Waals surface area (Å²) in [7, 11) is 0. The molecular formula is C14H17N5O. The molecule has 6 heteroatoms. The van der Waals surface area contributed by atoms with E-state index in [0.717, 1.165) is 5.69 Å². The van der Waals surface area contributed by atoms with Crippen molar-refractivity contribution in [2.75, 3.05) is 5.32 Å². The number of amides is 2. The number of aromatic nitrogens is 3. The highest BCUT2D eigenvalue weighted by Crippen LogP contribution is 2.32. The van der Waals surface area contributed by atoms with Crippen LogP contribution in [0.4, 0.5) is 10.6 Å². The first-order valence-electron chi connectivity index (χ1n) is 6.76. The summed E-state index contributed by atoms with van der Waals surface area (Å²) < 4.78 is 1.67. The normalized spacial score (nSPS) is 15.7. The maximum Gasteiger partial charge on any atom is 0.320 e. The van der Waals surface area contributed by atoms with E-state index in [2.05, 4.69) is 20.7 Å². The van der Waals surface area contributed by atoms with Crippen LogP contribution in [0.2, 0.25) is 0 Å². The van der Waals surface area contributed by atoms with Crippen molar-refractivity contribution in [3.05, 3.63) is 36.8 Å². The van der Waals surface area contributed by atoms with E-state index in [1.165, 1.54) is 12.8 Å². The van der Waals surface area contributed by atoms with Crippen molar-refractivity contribution in [2.45, 2.75) is 25.8 Å². The van der Waals surface area contributed by atoms with Gasteiger partial charge in [0.2, 0.25) is 0 Å². The van der Waals surface area contributed by atoms with E-state index >= 15 is 0 Å². The number of anilines is 1. The molecule has 2 aromatic rings. The van der Waals surface area contributed by atoms with Crippen molar-refractivity contribution in [1.29, 1.82) is 0 Å². The van der Waals surface area contributed by atoms with Crippen molar-refractivity contribution in [3.63, 3.8) is 0 Å². The van der Waals surface area contributed by atoms with E-state index < -0.39 is 0 Å². The van der Waals surface area contributed by atoms with Crippen molar-refractivity contribution in [3.8, 4) is 5.69 Å². The van der Waals surface area contributed by atoms with Crippen LogP contribution in [0, 0.1) is 5.92 Å². The van der Waals surface area contributed by atoms with Crippen LogP contribution in [0.25, 0.3) is 5.69 Å². The van der Waals surface area contributed by atoms with E-state index in [0.29, 0.717) is 11.7 Å². The third-order valence-corrected chi connectivity index (χ3v) is 3.43. The average molecular weight is 271 g/mol. The molecule has 1 aliphatic rings. The molecule has 0 aromatic carbocycles. The quantitative estimate of drug-likeness (QED) is 0.895. The van der Waals surface area contributed by atoms with Gasteiger partial charge in [-0.2, -0.15) is 0 Å². The van der Waals surface area contributed by atoms with Gasteiger partial charge in [-0.3, -0.25) is 10.3 Å². The van der Waals surface area contributed by atoms with Gasteiger partial charge in [0, 0.05) is 24.5 Å². The monoisotopic (exact) mass is 271 g/mol. The lowest BCUT2D eigenvalue weighted by atomic mass is 10.2. The minimum absolute atomic E-state index is 0.208. The summed E-state index contributed by atoms with van der Waals surface area (Å²) in [6.07, 6.45) is 7.62. The van der Waals surface area contributed by atoms with Crippen molar-refractivity contribution < 1.29 is 4.79 Å². The Hall–Kier alpha value is -2.37. The fourth-order valence-corrected chi connectivity index (χ4v) is 2.10. The number of rotatable bonds is 4. The van der Waals surface area contributed by atoms with Crippen molar-refractivity contribution in [1.82, 2.24) is 20.1 Å². The van der Waals surface area contributed by atoms with Crippen LogP contribution in [-0.4, -0.2) is 26.8 Å². The highest BCUT2D eigenvalue weighted by Gasteiger charge is 2.28. The maximum absolute atomic E-state index is 11.8. The van der Waals surface area contributed by atoms with Crippen LogP contribution in [0.3, 0.4) is 0 Å². The van der Waals surface area contributed by atoms with Gasteiger partial charge in [0.25, 0.3) is 0 Å². The number of urea groups is 1. The van der Waals surface area contributed by atoms with Crippen LogP contribution >= 0.6 is 0 Å². The van der Waals surface area contributed by atoms with Crippen LogP contribution in [0.1, 0.15) is 19.8 Å². The molecule has 1 fully saturated rings. The van der Waals surface area contributed by atoms with Crippen LogP contribution in [0.15, 0.2) is 36.8 Å². The Kier molecular flexibility index (Phi) is 3.37. The molecule has 20 heavy (non-hydrogen) atoms. The largest absolute Gasteiger partial charge is 0.335 e. The van der Waals surface area contributed by atoms with E-state index in [-0.39, 0.29) is 12.1 Å². The molecule has 2 aromatic heterocycles. The van der Waals surface area contributed by atoms with Crippen molar-refractivity contribution >= 4 is 11.8 Å². The van der Waals surface area contributed by atoms with Gasteiger partial charge in [0.15, 0.2) is 5.82 Å². The van der Waals surface area contributed by atoms with E-state index in [1.54, 1.807) is 29.3 Å². The fraction of sp³-hybridized carbons (Fsp3) is 0.357. The summed E-state index contributed by atoms with van der Waals surface area (Å²) in [5, 5.41) is 9.96. The average Bonchev–Trinajstić information content (AvgIpc) is 3.21. The zero-order valence-electron chi connectivity index (χ0n) is 11.3. The topological polar surface area (TPSA) is 71.8 Å². The molecule has 1 saturated carbocycles. The Labute approximate surface area is 117 Å². The molecule has 0 spiro atoms. The Morgan fingerprint density at radius 1 is 1.45 bits per heavy atom. The lowest BCUT2D eigenvalue weighted by molar-refractivity contribution is 0.248. The second kappa shape index (κ2) is 5.32. The smallest absolute Gasteiger partial charge is 0.320 e. The first kappa shape index (κ1) is 12.7. The molecule has 104 valence electrons. The Morgan fingerprint density at radius 2 is 2.30 bits per heavy atom. The highest BCUT2D eigenvalue weighted by molar-refractivity contribution is 5.88. The van der Waals surface area contributed by atoms with Gasteiger partial charge in [-0.15, -0.1) is 5.10 Å². The number of nitrogens with one attached hydrogen (secondary N) is 2. The Morgan fingerprint density at radius 3 is 3.00 bits per heavy atom. The predicted molar refractivity (Wildman–Crippen MR) is 75.7 cm³/mol. The third kappa shape index (κ3) is 2.96. The fourth-order valence-electron chi connectivity index (χ4n) is 2.10. The van der Waals surface area contributed by atoms with Crippen LogP contribution in [-0.2, 0) is 0 Å². The molecule has 3 rings (SSSR count). The predicted octanol–water partition coefficient (Wildman–Crippen LogP) is 2.19. The number of carbonyl (C=O) groups excluding carboxylic acids is 1. The lowest BCUT2D eigenvalue weighted by Crippen LogP contribution is -2.37. The van der Waals surface area contributed by atoms with E-state index in [4.69, 9.17) is 0 Å². The standard InChI is InChI=1S/C14H17N5O/c1-10(11-4-5-11)16-14(20)17-13-6-8-19(18-13)12-3-2-7-15-9-12/h2-3,6-11H,4-5H2,1H3,(H2,16,17,18,20)/t10-/m0/s1. The molecule has 2 amide bonds. The first-order chi connectivity index (χ1) is 9.72. The molecule has 0 bridgehead atoms. The van der Waals surface area contributed by atoms with Gasteiger partial charge in [0.05, 0.1) is 11.9 Å². The molecule has 0 radical (unpaired) electrons. The first-order valence-corrected chi connectivity index (χ1v) is 6.76. The van der Waals surface area contributed by atoms with Crippen LogP contribution in [0.5, 0.6) is 0 Å². The minimum atomic E-state index is -0.208. The second-order valence-corrected chi connectivity index (χ2v) is 5.08. The number of nitrogens with zero attached hydrogens (tertiary/aromatic N) is 3. The highest BCUT2D eigenvalue weighted by atomic mass is 16.2. The Balaban J connectivity index is 1.61. The SMILES string of the molecule is C[C@H](NC(=O)Nc1ccn(-c2cccnc2)n1)C1CC1. The molecule has 1 aliphatic carbocycles. The third-order valence-electron chi connectivity index (χ3n) is 3.43. The van der Waals surface area contributed by atoms with Crippen molar-refractivity contribution in [2.24, 2.45) is 5.92 Å². The lowest BCUT2D eigenvalue weighted by Gasteiger charge is -2.12. The summed E-state index contributed by atoms with van der Waals surface area (Å²) in [4.78, 5) is 15.9. The molecule has 2 N–H and O–H groups in total. The molecular weight excluding hydrogens is 254 g/mol. The van der Waals surface area contributed by atoms with Gasteiger partial charge >= 0.3 is 6.03 Å². The summed E-state index contributed by atoms with van der Waals surface area (Å²) in [5.74, 6) is 1.16. The summed E-state index contributed by atoms with van der Waals surface area (Å²) in [5.41, 5.74) is 0.854. The summed E-state index contributed by atoms with van der Waals surface area (Å²) in [6.45, 7) is 2.03. The zero-order valence-corrected chi connectivity index (χ0v) is 11.3. The van der Waals surface area contributed by atoms with Gasteiger partial charge in [-0.25, -0.2) is 9.48 Å². The van der Waals surface area contributed by atoms with E-state index in [1.807, 2.05) is 19.1 Å². The molecule has 2 heterocycles. The minimum Gasteiger partial charge on any atom is -0.335 e. The second-order valence-electron chi connectivity index (χ2n) is 5.08. The van der Waals surface area contributed by atoms with Gasteiger partial charge in [-0.05, 0) is 37.8 Å². The molecule has 0 saturated heterocycles. The molecule has 6 nitrogen and oxygen atoms in total. The number of carbonyl (C=O) groups is 1. The molecule has 0 aliphatic heterocycles. The molecule has 0 unspecified atom stereocenters. The van der Waals surface area contributed by atoms with Gasteiger partial charge in [-0.1, -0.05) is 0 Å². The maximum atomic E-state index is 11.8. The number of hydrogen-bond donors (Lipinski definition) is 2. The van der Waals surface area contributed by atoms with Crippen LogP contribution < -0.4 is 10.6 Å². The Bertz CT molecular complexity index is 591. The number of pyridine rings is 1. The van der Waals surface area contributed by atoms with Gasteiger partial charge < -0.3 is 5.32 Å². The number of hydrogen-bond acceptors (Lipinski definition) is 3. The van der Waals surface area contributed by atoms with Gasteiger partial charge in [0.1, 0.15) is 0 Å². The summed E-state index contributed by atoms with van der Waals surface area (Å²) >= 11 is 0.